The Morgan fingerprint density at radius 2 is 2.32 bits per heavy atom. The summed E-state index contributed by atoms with van der Waals surface area (Å²) in [6, 6.07) is 6.81. The molecule has 0 aliphatic carbocycles. The Balaban J connectivity index is 2.28. The van der Waals surface area contributed by atoms with E-state index in [2.05, 4.69) is 51.3 Å². The monoisotopic (exact) mass is 326 g/mol. The standard InChI is InChI=1S/C15H23BrN2O/c1-11(17-2)14-6-5-13(16)8-15(14)18-7-3-4-12(9-18)10-19/h5-6,8,11-12,17,19H,3-4,7,9-10H2,1-2H3. The van der Waals surface area contributed by atoms with Crippen LogP contribution in [-0.2, 0) is 0 Å². The molecule has 0 aromatic heterocycles. The van der Waals surface area contributed by atoms with E-state index in [1.165, 1.54) is 11.3 Å². The first-order chi connectivity index (χ1) is 9.15. The minimum Gasteiger partial charge on any atom is -0.396 e. The van der Waals surface area contributed by atoms with Gasteiger partial charge in [0.2, 0.25) is 0 Å². The maximum absolute atomic E-state index is 9.39. The van der Waals surface area contributed by atoms with Crippen LogP contribution in [0.3, 0.4) is 0 Å². The number of hydrogen-bond acceptors (Lipinski definition) is 3. The molecule has 0 bridgehead atoms. The number of halogens is 1. The van der Waals surface area contributed by atoms with Gasteiger partial charge in [-0.2, -0.15) is 0 Å². The van der Waals surface area contributed by atoms with Gasteiger partial charge < -0.3 is 15.3 Å². The van der Waals surface area contributed by atoms with Gasteiger partial charge in [0.1, 0.15) is 0 Å². The summed E-state index contributed by atoms with van der Waals surface area (Å²) in [7, 11) is 1.99. The van der Waals surface area contributed by atoms with Crippen molar-refractivity contribution < 1.29 is 5.11 Å². The van der Waals surface area contributed by atoms with E-state index in [4.69, 9.17) is 0 Å². The predicted molar refractivity (Wildman–Crippen MR) is 83.6 cm³/mol. The van der Waals surface area contributed by atoms with Crippen LogP contribution in [0.5, 0.6) is 0 Å². The quantitative estimate of drug-likeness (QED) is 0.893. The van der Waals surface area contributed by atoms with Crippen LogP contribution in [-0.4, -0.2) is 31.9 Å². The van der Waals surface area contributed by atoms with Gasteiger partial charge in [-0.05, 0) is 50.4 Å². The lowest BCUT2D eigenvalue weighted by atomic mass is 9.96. The molecule has 2 rings (SSSR count). The van der Waals surface area contributed by atoms with Gasteiger partial charge in [-0.1, -0.05) is 22.0 Å². The molecule has 2 unspecified atom stereocenters. The largest absolute Gasteiger partial charge is 0.396 e. The van der Waals surface area contributed by atoms with Crippen molar-refractivity contribution in [2.75, 3.05) is 31.6 Å². The van der Waals surface area contributed by atoms with Gasteiger partial charge in [0.25, 0.3) is 0 Å². The van der Waals surface area contributed by atoms with Crippen LogP contribution in [0.4, 0.5) is 5.69 Å². The molecule has 0 spiro atoms. The molecule has 0 saturated carbocycles. The molecule has 1 aromatic rings. The van der Waals surface area contributed by atoms with E-state index < -0.39 is 0 Å². The summed E-state index contributed by atoms with van der Waals surface area (Å²) in [4.78, 5) is 2.42. The number of nitrogens with one attached hydrogen (secondary N) is 1. The number of aliphatic hydroxyl groups is 1. The smallest absolute Gasteiger partial charge is 0.0476 e. The molecule has 1 aliphatic rings. The molecule has 1 aliphatic heterocycles. The average molecular weight is 327 g/mol. The molecular weight excluding hydrogens is 304 g/mol. The molecule has 1 heterocycles. The zero-order valence-electron chi connectivity index (χ0n) is 11.7. The summed E-state index contributed by atoms with van der Waals surface area (Å²) in [6.07, 6.45) is 2.29. The van der Waals surface area contributed by atoms with E-state index in [-0.39, 0.29) is 0 Å². The van der Waals surface area contributed by atoms with Crippen molar-refractivity contribution >= 4 is 21.6 Å². The van der Waals surface area contributed by atoms with Gasteiger partial charge in [0.15, 0.2) is 0 Å². The van der Waals surface area contributed by atoms with Crippen LogP contribution < -0.4 is 10.2 Å². The lowest BCUT2D eigenvalue weighted by molar-refractivity contribution is 0.208. The Hall–Kier alpha value is -0.580. The third-order valence-electron chi connectivity index (χ3n) is 4.01. The number of benzene rings is 1. The molecule has 2 atom stereocenters. The number of piperidine rings is 1. The van der Waals surface area contributed by atoms with Crippen molar-refractivity contribution in [3.05, 3.63) is 28.2 Å². The maximum Gasteiger partial charge on any atom is 0.0476 e. The Morgan fingerprint density at radius 3 is 3.00 bits per heavy atom. The van der Waals surface area contributed by atoms with Crippen molar-refractivity contribution in [1.29, 1.82) is 0 Å². The van der Waals surface area contributed by atoms with E-state index >= 15 is 0 Å². The summed E-state index contributed by atoms with van der Waals surface area (Å²) >= 11 is 3.57. The Kier molecular flexibility index (Phi) is 5.25. The highest BCUT2D eigenvalue weighted by Gasteiger charge is 2.22. The molecule has 19 heavy (non-hydrogen) atoms. The molecule has 4 heteroatoms. The van der Waals surface area contributed by atoms with Crippen molar-refractivity contribution in [1.82, 2.24) is 5.32 Å². The van der Waals surface area contributed by atoms with Crippen LogP contribution in [0, 0.1) is 5.92 Å². The number of anilines is 1. The highest BCUT2D eigenvalue weighted by atomic mass is 79.9. The second-order valence-electron chi connectivity index (χ2n) is 5.35. The third kappa shape index (κ3) is 3.50. The SMILES string of the molecule is CNC(C)c1ccc(Br)cc1N1CCCC(CO)C1. The summed E-state index contributed by atoms with van der Waals surface area (Å²) in [5, 5.41) is 12.7. The minimum absolute atomic E-state index is 0.293. The van der Waals surface area contributed by atoms with Gasteiger partial charge in [-0.15, -0.1) is 0 Å². The predicted octanol–water partition coefficient (Wildman–Crippen LogP) is 2.94. The Labute approximate surface area is 124 Å². The summed E-state index contributed by atoms with van der Waals surface area (Å²) in [6.45, 7) is 4.51. The van der Waals surface area contributed by atoms with Crippen molar-refractivity contribution in [3.63, 3.8) is 0 Å². The normalized spacial score (nSPS) is 21.5. The third-order valence-corrected chi connectivity index (χ3v) is 4.50. The lowest BCUT2D eigenvalue weighted by Crippen LogP contribution is -2.37. The van der Waals surface area contributed by atoms with E-state index in [1.54, 1.807) is 0 Å². The molecular formula is C15H23BrN2O. The van der Waals surface area contributed by atoms with Gasteiger partial charge in [0.05, 0.1) is 0 Å². The maximum atomic E-state index is 9.39. The van der Waals surface area contributed by atoms with E-state index in [0.717, 1.165) is 30.4 Å². The number of aliphatic hydroxyl groups excluding tert-OH is 1. The highest BCUT2D eigenvalue weighted by molar-refractivity contribution is 9.10. The fourth-order valence-corrected chi connectivity index (χ4v) is 3.09. The van der Waals surface area contributed by atoms with Gasteiger partial charge >= 0.3 is 0 Å². The van der Waals surface area contributed by atoms with Crippen molar-refractivity contribution in [2.45, 2.75) is 25.8 Å². The van der Waals surface area contributed by atoms with E-state index in [1.807, 2.05) is 7.05 Å². The molecule has 0 radical (unpaired) electrons. The number of hydrogen-bond donors (Lipinski definition) is 2. The summed E-state index contributed by atoms with van der Waals surface area (Å²) in [5.74, 6) is 0.408. The topological polar surface area (TPSA) is 35.5 Å². The lowest BCUT2D eigenvalue weighted by Gasteiger charge is -2.35. The molecule has 1 saturated heterocycles. The molecule has 0 amide bonds. The first-order valence-electron chi connectivity index (χ1n) is 6.98. The van der Waals surface area contributed by atoms with E-state index in [9.17, 15) is 5.11 Å². The molecule has 2 N–H and O–H groups in total. The Bertz CT molecular complexity index is 425. The Morgan fingerprint density at radius 1 is 1.53 bits per heavy atom. The first-order valence-corrected chi connectivity index (χ1v) is 7.77. The van der Waals surface area contributed by atoms with Crippen LogP contribution in [0.2, 0.25) is 0 Å². The van der Waals surface area contributed by atoms with Crippen LogP contribution in [0.15, 0.2) is 22.7 Å². The zero-order valence-corrected chi connectivity index (χ0v) is 13.3. The van der Waals surface area contributed by atoms with Crippen LogP contribution in [0.1, 0.15) is 31.4 Å². The first kappa shape index (κ1) is 14.8. The van der Waals surface area contributed by atoms with E-state index in [0.29, 0.717) is 18.6 Å². The van der Waals surface area contributed by atoms with Crippen molar-refractivity contribution in [3.8, 4) is 0 Å². The fraction of sp³-hybridized carbons (Fsp3) is 0.600. The van der Waals surface area contributed by atoms with Crippen LogP contribution >= 0.6 is 15.9 Å². The fourth-order valence-electron chi connectivity index (χ4n) is 2.75. The molecule has 3 nitrogen and oxygen atoms in total. The zero-order chi connectivity index (χ0) is 13.8. The molecule has 1 fully saturated rings. The van der Waals surface area contributed by atoms with Crippen molar-refractivity contribution in [2.24, 2.45) is 5.92 Å². The molecule has 106 valence electrons. The average Bonchev–Trinajstić information content (AvgIpc) is 2.46. The van der Waals surface area contributed by atoms with Gasteiger partial charge in [-0.3, -0.25) is 0 Å². The number of rotatable bonds is 4. The second kappa shape index (κ2) is 6.73. The molecule has 1 aromatic carbocycles. The van der Waals surface area contributed by atoms with Gasteiger partial charge in [0, 0.05) is 35.9 Å². The second-order valence-corrected chi connectivity index (χ2v) is 6.27. The summed E-state index contributed by atoms with van der Waals surface area (Å²) in [5.41, 5.74) is 2.61. The van der Waals surface area contributed by atoms with Gasteiger partial charge in [-0.25, -0.2) is 0 Å². The van der Waals surface area contributed by atoms with Crippen LogP contribution in [0.25, 0.3) is 0 Å². The summed E-state index contributed by atoms with van der Waals surface area (Å²) < 4.78 is 1.11. The number of nitrogens with zero attached hydrogens (tertiary/aromatic N) is 1. The highest BCUT2D eigenvalue weighted by Crippen LogP contribution is 2.32. The minimum atomic E-state index is 0.293.